The van der Waals surface area contributed by atoms with Crippen LogP contribution in [0.4, 0.5) is 26.3 Å². The van der Waals surface area contributed by atoms with Crippen LogP contribution in [0.1, 0.15) is 21.5 Å². The molecule has 3 nitrogen and oxygen atoms in total. The maximum Gasteiger partial charge on any atom is 0.416 e. The minimum Gasteiger partial charge on any atom is -0.465 e. The summed E-state index contributed by atoms with van der Waals surface area (Å²) in [6.07, 6.45) is -8.14. The van der Waals surface area contributed by atoms with Crippen molar-refractivity contribution >= 4 is 5.97 Å². The number of esters is 1. The number of hydrogen-bond acceptors (Lipinski definition) is 3. The summed E-state index contributed by atoms with van der Waals surface area (Å²) in [5, 5.41) is 0. The van der Waals surface area contributed by atoms with Gasteiger partial charge in [-0.05, 0) is 35.9 Å². The van der Waals surface area contributed by atoms with E-state index in [0.717, 1.165) is 37.6 Å². The average Bonchev–Trinajstić information content (AvgIpc) is 2.71. The lowest BCUT2D eigenvalue weighted by molar-refractivity contribution is -0.138. The predicted molar refractivity (Wildman–Crippen MR) is 96.5 cm³/mol. The highest BCUT2D eigenvalue weighted by molar-refractivity contribution is 5.93. The molecule has 0 bridgehead atoms. The van der Waals surface area contributed by atoms with Crippen LogP contribution in [-0.4, -0.2) is 18.1 Å². The molecule has 1 aromatic heterocycles. The quantitative estimate of drug-likeness (QED) is 0.368. The van der Waals surface area contributed by atoms with Crippen molar-refractivity contribution in [3.8, 4) is 22.4 Å². The van der Waals surface area contributed by atoms with E-state index in [2.05, 4.69) is 9.72 Å². The van der Waals surface area contributed by atoms with Crippen molar-refractivity contribution in [1.82, 2.24) is 4.98 Å². The van der Waals surface area contributed by atoms with Gasteiger partial charge in [0.1, 0.15) is 0 Å². The monoisotopic (exact) mass is 425 g/mol. The number of carbonyl (C=O) groups excluding carboxylic acids is 1. The van der Waals surface area contributed by atoms with E-state index < -0.39 is 29.4 Å². The Bertz CT molecular complexity index is 1090. The zero-order valence-electron chi connectivity index (χ0n) is 15.3. The largest absolute Gasteiger partial charge is 0.465 e. The number of carbonyl (C=O) groups is 1. The van der Waals surface area contributed by atoms with Crippen LogP contribution in [0.5, 0.6) is 0 Å². The summed E-state index contributed by atoms with van der Waals surface area (Å²) < 4.78 is 83.3. The van der Waals surface area contributed by atoms with Gasteiger partial charge in [-0.3, -0.25) is 4.98 Å². The SMILES string of the molecule is COC(=O)c1cnc(-c2cccc(C(F)(F)F)c2)c(-c2cccc(C(F)(F)F)c2)c1. The molecule has 0 aliphatic rings. The van der Waals surface area contributed by atoms with E-state index in [4.69, 9.17) is 0 Å². The maximum atomic E-state index is 13.1. The minimum absolute atomic E-state index is 0.00641. The molecule has 0 fully saturated rings. The van der Waals surface area contributed by atoms with Crippen molar-refractivity contribution in [1.29, 1.82) is 0 Å². The van der Waals surface area contributed by atoms with Crippen molar-refractivity contribution < 1.29 is 35.9 Å². The molecule has 0 saturated carbocycles. The van der Waals surface area contributed by atoms with E-state index in [0.29, 0.717) is 0 Å². The van der Waals surface area contributed by atoms with Gasteiger partial charge in [0.25, 0.3) is 0 Å². The van der Waals surface area contributed by atoms with Gasteiger partial charge in [0.15, 0.2) is 0 Å². The zero-order chi connectivity index (χ0) is 22.1. The second-order valence-electron chi connectivity index (χ2n) is 6.27. The van der Waals surface area contributed by atoms with Crippen LogP contribution in [-0.2, 0) is 17.1 Å². The lowest BCUT2D eigenvalue weighted by Gasteiger charge is -2.14. The molecule has 0 N–H and O–H groups in total. The molecule has 3 aromatic rings. The minimum atomic E-state index is -4.63. The van der Waals surface area contributed by atoms with Gasteiger partial charge in [-0.2, -0.15) is 26.3 Å². The number of alkyl halides is 6. The summed E-state index contributed by atoms with van der Waals surface area (Å²) in [7, 11) is 1.12. The first kappa shape index (κ1) is 21.4. The van der Waals surface area contributed by atoms with Crippen molar-refractivity contribution in [2.45, 2.75) is 12.4 Å². The molecule has 0 spiro atoms. The van der Waals surface area contributed by atoms with Crippen LogP contribution in [0.15, 0.2) is 60.8 Å². The molecule has 3 rings (SSSR count). The van der Waals surface area contributed by atoms with Crippen LogP contribution in [0.25, 0.3) is 22.4 Å². The molecule has 0 amide bonds. The fourth-order valence-electron chi connectivity index (χ4n) is 2.85. The van der Waals surface area contributed by atoms with Gasteiger partial charge in [0.2, 0.25) is 0 Å². The molecule has 30 heavy (non-hydrogen) atoms. The Balaban J connectivity index is 2.24. The van der Waals surface area contributed by atoms with Crippen LogP contribution in [0.2, 0.25) is 0 Å². The Morgan fingerprint density at radius 2 is 1.37 bits per heavy atom. The van der Waals surface area contributed by atoms with Crippen molar-refractivity contribution in [2.24, 2.45) is 0 Å². The van der Waals surface area contributed by atoms with Crippen molar-refractivity contribution in [3.63, 3.8) is 0 Å². The number of pyridine rings is 1. The maximum absolute atomic E-state index is 13.1. The molecule has 1 heterocycles. The van der Waals surface area contributed by atoms with Gasteiger partial charge in [0.05, 0.1) is 29.5 Å². The third-order valence-corrected chi connectivity index (χ3v) is 4.27. The van der Waals surface area contributed by atoms with Crippen LogP contribution < -0.4 is 0 Å². The Kier molecular flexibility index (Phi) is 5.56. The van der Waals surface area contributed by atoms with E-state index >= 15 is 0 Å². The fourth-order valence-corrected chi connectivity index (χ4v) is 2.85. The standard InChI is InChI=1S/C21H13F6NO2/c1-30-19(29)14-10-17(12-4-2-6-15(8-12)20(22,23)24)18(28-11-14)13-5-3-7-16(9-13)21(25,26)27/h2-11H,1H3. The molecule has 0 radical (unpaired) electrons. The molecule has 0 saturated heterocycles. The van der Waals surface area contributed by atoms with Gasteiger partial charge in [-0.25, -0.2) is 4.79 Å². The van der Waals surface area contributed by atoms with Gasteiger partial charge >= 0.3 is 18.3 Å². The Labute approximate surface area is 166 Å². The second kappa shape index (κ2) is 7.81. The number of halogens is 6. The van der Waals surface area contributed by atoms with Crippen molar-refractivity contribution in [3.05, 3.63) is 77.5 Å². The van der Waals surface area contributed by atoms with Crippen molar-refractivity contribution in [2.75, 3.05) is 7.11 Å². The molecular formula is C21H13F6NO2. The van der Waals surface area contributed by atoms with Crippen LogP contribution in [0, 0.1) is 0 Å². The summed E-state index contributed by atoms with van der Waals surface area (Å²) in [5.41, 5.74) is -1.81. The zero-order valence-corrected chi connectivity index (χ0v) is 15.3. The van der Waals surface area contributed by atoms with E-state index in [1.54, 1.807) is 0 Å². The molecule has 0 aliphatic carbocycles. The van der Waals surface area contributed by atoms with Gasteiger partial charge in [-0.15, -0.1) is 0 Å². The van der Waals surface area contributed by atoms with E-state index in [9.17, 15) is 31.1 Å². The normalized spacial score (nSPS) is 12.0. The molecule has 0 unspecified atom stereocenters. The Morgan fingerprint density at radius 3 is 1.90 bits per heavy atom. The summed E-state index contributed by atoms with van der Waals surface area (Å²) in [6, 6.07) is 9.71. The van der Waals surface area contributed by atoms with Gasteiger partial charge < -0.3 is 4.74 Å². The number of methoxy groups -OCH3 is 1. The highest BCUT2D eigenvalue weighted by atomic mass is 19.4. The van der Waals surface area contributed by atoms with E-state index in [-0.39, 0.29) is 27.9 Å². The number of ether oxygens (including phenoxy) is 1. The molecule has 0 aliphatic heterocycles. The van der Waals surface area contributed by atoms with Gasteiger partial charge in [0, 0.05) is 17.3 Å². The Hall–Kier alpha value is -3.36. The molecular weight excluding hydrogens is 412 g/mol. The molecule has 2 aromatic carbocycles. The highest BCUT2D eigenvalue weighted by Gasteiger charge is 2.32. The Morgan fingerprint density at radius 1 is 0.833 bits per heavy atom. The van der Waals surface area contributed by atoms with Crippen LogP contribution in [0.3, 0.4) is 0 Å². The predicted octanol–water partition coefficient (Wildman–Crippen LogP) is 6.24. The number of nitrogens with zero attached hydrogens (tertiary/aromatic N) is 1. The number of aromatic nitrogens is 1. The molecule has 0 atom stereocenters. The molecule has 9 heteroatoms. The number of hydrogen-bond donors (Lipinski definition) is 0. The second-order valence-corrected chi connectivity index (χ2v) is 6.27. The van der Waals surface area contributed by atoms with Crippen LogP contribution >= 0.6 is 0 Å². The first-order chi connectivity index (χ1) is 14.0. The first-order valence-corrected chi connectivity index (χ1v) is 8.44. The molecule has 156 valence electrons. The first-order valence-electron chi connectivity index (χ1n) is 8.44. The number of rotatable bonds is 3. The van der Waals surface area contributed by atoms with Gasteiger partial charge in [-0.1, -0.05) is 24.3 Å². The highest BCUT2D eigenvalue weighted by Crippen LogP contribution is 2.37. The number of benzene rings is 2. The van der Waals surface area contributed by atoms with E-state index in [1.165, 1.54) is 30.3 Å². The average molecular weight is 425 g/mol. The summed E-state index contributed by atoms with van der Waals surface area (Å²) >= 11 is 0. The topological polar surface area (TPSA) is 39.2 Å². The summed E-state index contributed by atoms with van der Waals surface area (Å²) in [4.78, 5) is 15.9. The summed E-state index contributed by atoms with van der Waals surface area (Å²) in [6.45, 7) is 0. The smallest absolute Gasteiger partial charge is 0.416 e. The lowest BCUT2D eigenvalue weighted by atomic mass is 9.95. The third kappa shape index (κ3) is 4.45. The fraction of sp³-hybridized carbons (Fsp3) is 0.143. The summed E-state index contributed by atoms with van der Waals surface area (Å²) in [5.74, 6) is -0.786. The lowest BCUT2D eigenvalue weighted by Crippen LogP contribution is -2.07. The van der Waals surface area contributed by atoms with E-state index in [1.807, 2.05) is 0 Å². The third-order valence-electron chi connectivity index (χ3n) is 4.27.